The van der Waals surface area contributed by atoms with E-state index in [9.17, 15) is 18.0 Å². The SMILES string of the molecule is O=C(Nc1ccc(OC(F)F)c(F)c1)c1cccc(Cl)n1. The number of carbonyl (C=O) groups excluding carboxylic acids is 1. The third kappa shape index (κ3) is 4.09. The number of benzene rings is 1. The zero-order valence-electron chi connectivity index (χ0n) is 10.3. The molecule has 0 aliphatic heterocycles. The third-order valence-corrected chi connectivity index (χ3v) is 2.56. The molecule has 1 aromatic heterocycles. The normalized spacial score (nSPS) is 10.5. The summed E-state index contributed by atoms with van der Waals surface area (Å²) < 4.78 is 41.4. The zero-order valence-corrected chi connectivity index (χ0v) is 11.1. The number of rotatable bonds is 4. The highest BCUT2D eigenvalue weighted by Gasteiger charge is 2.13. The Balaban J connectivity index is 2.13. The standard InChI is InChI=1S/C13H8ClF3N2O2/c14-11-3-1-2-9(19-11)12(20)18-7-4-5-10(8(15)6-7)21-13(16)17/h1-6,13H,(H,18,20). The van der Waals surface area contributed by atoms with Gasteiger partial charge in [0.25, 0.3) is 5.91 Å². The summed E-state index contributed by atoms with van der Waals surface area (Å²) in [4.78, 5) is 15.6. The van der Waals surface area contributed by atoms with Gasteiger partial charge in [-0.05, 0) is 24.3 Å². The monoisotopic (exact) mass is 316 g/mol. The van der Waals surface area contributed by atoms with Crippen molar-refractivity contribution in [1.29, 1.82) is 0 Å². The molecule has 8 heteroatoms. The van der Waals surface area contributed by atoms with Gasteiger partial charge in [-0.15, -0.1) is 0 Å². The molecule has 1 amide bonds. The van der Waals surface area contributed by atoms with Crippen molar-refractivity contribution in [1.82, 2.24) is 4.98 Å². The topological polar surface area (TPSA) is 51.2 Å². The molecule has 0 saturated carbocycles. The number of hydrogen-bond donors (Lipinski definition) is 1. The van der Waals surface area contributed by atoms with Crippen LogP contribution in [0.2, 0.25) is 5.15 Å². The number of ether oxygens (including phenoxy) is 1. The number of carbonyl (C=O) groups is 1. The molecule has 0 unspecified atom stereocenters. The van der Waals surface area contributed by atoms with Gasteiger partial charge in [-0.1, -0.05) is 17.7 Å². The number of amides is 1. The van der Waals surface area contributed by atoms with Crippen molar-refractivity contribution in [3.05, 3.63) is 53.1 Å². The number of nitrogens with zero attached hydrogens (tertiary/aromatic N) is 1. The maximum absolute atomic E-state index is 13.5. The summed E-state index contributed by atoms with van der Waals surface area (Å²) in [5, 5.41) is 2.50. The third-order valence-electron chi connectivity index (χ3n) is 2.35. The minimum absolute atomic E-state index is 0.0378. The van der Waals surface area contributed by atoms with Gasteiger partial charge in [-0.2, -0.15) is 8.78 Å². The Morgan fingerprint density at radius 3 is 2.67 bits per heavy atom. The van der Waals surface area contributed by atoms with Crippen LogP contribution in [0.25, 0.3) is 0 Å². The zero-order chi connectivity index (χ0) is 15.4. The van der Waals surface area contributed by atoms with Gasteiger partial charge in [-0.3, -0.25) is 4.79 Å². The minimum Gasteiger partial charge on any atom is -0.432 e. The van der Waals surface area contributed by atoms with Gasteiger partial charge >= 0.3 is 6.61 Å². The summed E-state index contributed by atoms with van der Waals surface area (Å²) in [7, 11) is 0. The number of nitrogens with one attached hydrogen (secondary N) is 1. The number of halogens is 4. The molecule has 0 fully saturated rings. The smallest absolute Gasteiger partial charge is 0.387 e. The van der Waals surface area contributed by atoms with Gasteiger partial charge in [0, 0.05) is 11.8 Å². The molecular weight excluding hydrogens is 309 g/mol. The Bertz CT molecular complexity index is 668. The fourth-order valence-corrected chi connectivity index (χ4v) is 1.66. The second-order valence-electron chi connectivity index (χ2n) is 3.82. The Hall–Kier alpha value is -2.28. The van der Waals surface area contributed by atoms with E-state index in [1.54, 1.807) is 0 Å². The lowest BCUT2D eigenvalue weighted by atomic mass is 10.2. The Morgan fingerprint density at radius 1 is 1.29 bits per heavy atom. The van der Waals surface area contributed by atoms with Crippen molar-refractivity contribution in [3.63, 3.8) is 0 Å². The van der Waals surface area contributed by atoms with E-state index in [1.165, 1.54) is 24.3 Å². The molecule has 0 bridgehead atoms. The molecular formula is C13H8ClF3N2O2. The van der Waals surface area contributed by atoms with Gasteiger partial charge in [0.2, 0.25) is 0 Å². The first kappa shape index (κ1) is 15.1. The quantitative estimate of drug-likeness (QED) is 0.874. The lowest BCUT2D eigenvalue weighted by Gasteiger charge is -2.08. The average Bonchev–Trinajstić information content (AvgIpc) is 2.41. The summed E-state index contributed by atoms with van der Waals surface area (Å²) in [6.45, 7) is -3.13. The molecule has 110 valence electrons. The van der Waals surface area contributed by atoms with E-state index in [0.717, 1.165) is 12.1 Å². The maximum Gasteiger partial charge on any atom is 0.387 e. The summed E-state index contributed by atoms with van der Waals surface area (Å²) in [6.07, 6.45) is 0. The predicted molar refractivity (Wildman–Crippen MR) is 70.2 cm³/mol. The minimum atomic E-state index is -3.13. The Kier molecular flexibility index (Phi) is 4.64. The summed E-state index contributed by atoms with van der Waals surface area (Å²) in [5.74, 6) is -2.24. The van der Waals surface area contributed by atoms with Crippen molar-refractivity contribution in [2.24, 2.45) is 0 Å². The van der Waals surface area contributed by atoms with Crippen LogP contribution in [-0.2, 0) is 0 Å². The molecule has 0 aliphatic rings. The van der Waals surface area contributed by atoms with Crippen LogP contribution in [0.5, 0.6) is 5.75 Å². The largest absolute Gasteiger partial charge is 0.432 e. The van der Waals surface area contributed by atoms with Crippen LogP contribution < -0.4 is 10.1 Å². The number of alkyl halides is 2. The van der Waals surface area contributed by atoms with E-state index in [4.69, 9.17) is 11.6 Å². The van der Waals surface area contributed by atoms with Crippen LogP contribution in [0.3, 0.4) is 0 Å². The fraction of sp³-hybridized carbons (Fsp3) is 0.0769. The molecule has 1 heterocycles. The van der Waals surface area contributed by atoms with Crippen LogP contribution in [0.15, 0.2) is 36.4 Å². The molecule has 0 saturated heterocycles. The lowest BCUT2D eigenvalue weighted by molar-refractivity contribution is -0.0521. The first-order chi connectivity index (χ1) is 9.95. The highest BCUT2D eigenvalue weighted by Crippen LogP contribution is 2.23. The first-order valence-electron chi connectivity index (χ1n) is 5.64. The van der Waals surface area contributed by atoms with Crippen molar-refractivity contribution in [2.75, 3.05) is 5.32 Å². The van der Waals surface area contributed by atoms with Gasteiger partial charge in [0.05, 0.1) is 0 Å². The van der Waals surface area contributed by atoms with E-state index in [-0.39, 0.29) is 16.5 Å². The first-order valence-corrected chi connectivity index (χ1v) is 6.02. The summed E-state index contributed by atoms with van der Waals surface area (Å²) in [6, 6.07) is 7.52. The van der Waals surface area contributed by atoms with Crippen LogP contribution >= 0.6 is 11.6 Å². The fourth-order valence-electron chi connectivity index (χ4n) is 1.50. The van der Waals surface area contributed by atoms with E-state index in [2.05, 4.69) is 15.0 Å². The molecule has 0 aliphatic carbocycles. The van der Waals surface area contributed by atoms with Crippen molar-refractivity contribution in [2.45, 2.75) is 6.61 Å². The van der Waals surface area contributed by atoms with Gasteiger partial charge in [0.15, 0.2) is 11.6 Å². The van der Waals surface area contributed by atoms with Gasteiger partial charge < -0.3 is 10.1 Å². The second-order valence-corrected chi connectivity index (χ2v) is 4.21. The highest BCUT2D eigenvalue weighted by molar-refractivity contribution is 6.29. The molecule has 1 aromatic carbocycles. The van der Waals surface area contributed by atoms with Crippen LogP contribution in [0.4, 0.5) is 18.9 Å². The summed E-state index contributed by atoms with van der Waals surface area (Å²) in [5.41, 5.74) is 0.108. The number of pyridine rings is 1. The molecule has 2 aromatic rings. The predicted octanol–water partition coefficient (Wildman–Crippen LogP) is 3.73. The number of anilines is 1. The average molecular weight is 317 g/mol. The molecule has 1 N–H and O–H groups in total. The molecule has 2 rings (SSSR count). The lowest BCUT2D eigenvalue weighted by Crippen LogP contribution is -2.14. The van der Waals surface area contributed by atoms with E-state index in [0.29, 0.717) is 0 Å². The van der Waals surface area contributed by atoms with Gasteiger partial charge in [-0.25, -0.2) is 9.37 Å². The molecule has 0 atom stereocenters. The van der Waals surface area contributed by atoms with E-state index >= 15 is 0 Å². The number of hydrogen-bond acceptors (Lipinski definition) is 3. The summed E-state index contributed by atoms with van der Waals surface area (Å²) >= 11 is 5.65. The van der Waals surface area contributed by atoms with E-state index < -0.39 is 24.1 Å². The van der Waals surface area contributed by atoms with Crippen LogP contribution in [-0.4, -0.2) is 17.5 Å². The maximum atomic E-state index is 13.5. The Labute approximate surface area is 122 Å². The molecule has 4 nitrogen and oxygen atoms in total. The highest BCUT2D eigenvalue weighted by atomic mass is 35.5. The van der Waals surface area contributed by atoms with Crippen LogP contribution in [0.1, 0.15) is 10.5 Å². The van der Waals surface area contributed by atoms with Crippen LogP contribution in [0, 0.1) is 5.82 Å². The van der Waals surface area contributed by atoms with Crippen molar-refractivity contribution >= 4 is 23.2 Å². The molecule has 0 radical (unpaired) electrons. The Morgan fingerprint density at radius 2 is 2.05 bits per heavy atom. The van der Waals surface area contributed by atoms with Crippen molar-refractivity contribution in [3.8, 4) is 5.75 Å². The second kappa shape index (κ2) is 6.45. The van der Waals surface area contributed by atoms with Gasteiger partial charge in [0.1, 0.15) is 10.8 Å². The number of aromatic nitrogens is 1. The van der Waals surface area contributed by atoms with Crippen molar-refractivity contribution < 1.29 is 22.7 Å². The molecule has 21 heavy (non-hydrogen) atoms. The molecule has 0 spiro atoms. The van der Waals surface area contributed by atoms with E-state index in [1.807, 2.05) is 0 Å².